The number of nitrogens with zero attached hydrogens (tertiary/aromatic N) is 12. The number of hydrogen-bond acceptors (Lipinski definition) is 15. The highest BCUT2D eigenvalue weighted by molar-refractivity contribution is 6.02. The quantitative estimate of drug-likeness (QED) is 0.0906. The number of benzene rings is 3. The molecule has 6 aromatic heterocycles. The van der Waals surface area contributed by atoms with Gasteiger partial charge in [-0.05, 0) is 200 Å². The Morgan fingerprint density at radius 3 is 1.25 bits per heavy atom. The zero-order chi connectivity index (χ0) is 223. The normalized spacial score (nSPS) is 30.0. The highest BCUT2D eigenvalue weighted by atomic mass is 19.1. The van der Waals surface area contributed by atoms with Crippen molar-refractivity contribution in [2.24, 2.45) is 35.5 Å². The summed E-state index contributed by atoms with van der Waals surface area (Å²) in [6.07, 6.45) is 25.0. The summed E-state index contributed by atoms with van der Waals surface area (Å²) in [5.41, 5.74) is 13.7. The molecule has 3 saturated carbocycles. The Morgan fingerprint density at radius 2 is 0.874 bits per heavy atom. The predicted molar refractivity (Wildman–Crippen MR) is 573 cm³/mol. The molecule has 0 bridgehead atoms. The van der Waals surface area contributed by atoms with Gasteiger partial charge in [-0.1, -0.05) is 96.0 Å². The molecular formula is C93H235F3N12O3. The number of ketones is 1. The van der Waals surface area contributed by atoms with Crippen LogP contribution in [0, 0.1) is 87.0 Å². The first-order valence-electron chi connectivity index (χ1n) is 113. The molecule has 9 aromatic rings. The van der Waals surface area contributed by atoms with Gasteiger partial charge in [0.25, 0.3) is 0 Å². The van der Waals surface area contributed by atoms with E-state index in [1.165, 1.54) is 18.2 Å². The van der Waals surface area contributed by atoms with E-state index in [0.29, 0.717) is 119 Å². The van der Waals surface area contributed by atoms with Crippen LogP contribution in [0.5, 0.6) is 0 Å². The third-order valence-electron chi connectivity index (χ3n) is 25.6. The zero-order valence-corrected chi connectivity index (χ0v) is 63.4. The Labute approximate surface area is 871 Å². The number of hydrogen-bond donors (Lipinski definition) is 2. The van der Waals surface area contributed by atoms with Crippen molar-refractivity contribution >= 4 is 5.78 Å². The topological polar surface area (TPSA) is 245 Å². The van der Waals surface area contributed by atoms with Crippen molar-refractivity contribution < 1.29 is 245 Å². The average Bonchev–Trinajstić information content (AvgIpc) is 1.68. The minimum atomic E-state index is -0.629. The lowest BCUT2D eigenvalue weighted by Crippen LogP contribution is -2.47. The molecule has 706 valence electrons. The van der Waals surface area contributed by atoms with Gasteiger partial charge in [-0.15, -0.1) is 6.58 Å². The number of nitriles is 3. The highest BCUT2D eigenvalue weighted by Crippen LogP contribution is 2.59. The standard InChI is InChI=1S/C31H31FN4O.2C31H29FN4O.73H2/c3*1-3-6-21-24-12-11-23-27(22-7-4-5-8-25(22)32)35-30(19-13-14-34-26(15-19)18-9-10-18)36-29(23)31(24,2)16-20(17-33)28(21)37;;;;;;;;;;;;;;;;;;;;;;;;;;;;;;;;;;;;;;;;;;;;;;;;;;;;;;;;;;;;;;;;;;;;;;;;;/h4-5,7-8,13-15,18,21,24,37H,3,6,9-12,16H2,1-2H3;4-5,7-8,13-16,18,21,24H,3,6,9-12H2,1-2H3;3-5,7-8,13-15,18,21,24,37H,1,6,9-12,16H2,2H3;73*1H/t3*21-,24-,31-;;;;;;;;;;;;;;;;;;;;;;;;;;;;;;;;;;;;;;;;;;;;;;;;;;;;;;;;;;;;;;;;;;;;;;;;;/m111........................................................................./s1/i;;;73*1+2T. The molecule has 2 N–H and O–H groups in total. The number of pyridine rings is 3. The fourth-order valence-corrected chi connectivity index (χ4v) is 19.5. The lowest BCUT2D eigenvalue weighted by atomic mass is 9.55. The molecule has 9 aliphatic rings. The smallest absolute Gasteiger partial charge is 0.176 e. The molecule has 3 aromatic carbocycles. The lowest BCUT2D eigenvalue weighted by Gasteiger charge is -2.49. The molecule has 0 unspecified atom stereocenters. The molecule has 0 radical (unpaired) electrons. The third-order valence-corrected chi connectivity index (χ3v) is 25.6. The van der Waals surface area contributed by atoms with Gasteiger partial charge in [-0.2, -0.15) is 15.8 Å². The first-order valence-corrected chi connectivity index (χ1v) is 39.6. The van der Waals surface area contributed by atoms with Crippen LogP contribution in [-0.4, -0.2) is 60.9 Å². The fourth-order valence-electron chi connectivity index (χ4n) is 19.5. The van der Waals surface area contributed by atoms with Gasteiger partial charge in [0, 0.05) is 354 Å². The molecule has 18 heteroatoms. The minimum absolute atomic E-state index is 0.0280. The van der Waals surface area contributed by atoms with Crippen LogP contribution in [-0.2, 0) is 40.3 Å². The summed E-state index contributed by atoms with van der Waals surface area (Å²) in [6.45, 7) is 14.5. The van der Waals surface area contributed by atoms with Crippen molar-refractivity contribution in [3.8, 4) is 86.1 Å². The van der Waals surface area contributed by atoms with Crippen LogP contribution in [0.1, 0.15) is 423 Å². The summed E-state index contributed by atoms with van der Waals surface area (Å²) in [7, 11) is 0. The number of aromatic nitrogens is 9. The van der Waals surface area contributed by atoms with Crippen LogP contribution in [0.15, 0.2) is 175 Å². The van der Waals surface area contributed by atoms with E-state index < -0.39 is 16.2 Å². The van der Waals surface area contributed by atoms with Crippen molar-refractivity contribution in [3.63, 3.8) is 0 Å². The van der Waals surface area contributed by atoms with Gasteiger partial charge in [-0.3, -0.25) is 19.7 Å². The molecule has 111 heavy (non-hydrogen) atoms. The van der Waals surface area contributed by atoms with Crippen molar-refractivity contribution in [2.45, 2.75) is 191 Å². The number of Topliss-reactive ketones (excluding diaryl/α,β-unsaturated/α-hetero) is 1. The van der Waals surface area contributed by atoms with E-state index in [0.717, 1.165) is 151 Å². The number of halogens is 3. The van der Waals surface area contributed by atoms with Crippen LogP contribution >= 0.6 is 0 Å². The Bertz CT molecular complexity index is 5740. The number of rotatable bonds is 15. The zero-order valence-electron chi connectivity index (χ0n) is 209. The first kappa shape index (κ1) is 27.6. The molecule has 3 fully saturated rings. The summed E-state index contributed by atoms with van der Waals surface area (Å²) >= 11 is 0. The van der Waals surface area contributed by atoms with Crippen molar-refractivity contribution in [3.05, 3.63) is 243 Å². The van der Waals surface area contributed by atoms with E-state index in [-0.39, 0.29) is 75.8 Å². The monoisotopic (exact) mass is 1920 g/mol. The molecule has 18 rings (SSSR count). The number of allylic oxidation sites excluding steroid dienone is 7. The second kappa shape index (κ2) is 29.9. The maximum Gasteiger partial charge on any atom is 0.176 e. The van der Waals surface area contributed by atoms with Gasteiger partial charge in [0.2, 0.25) is 0 Å². The Balaban J connectivity index is -0.0000000305. The van der Waals surface area contributed by atoms with Crippen LogP contribution < -0.4 is 0 Å². The molecule has 9 aliphatic carbocycles. The second-order valence-corrected chi connectivity index (χ2v) is 32.7. The van der Waals surface area contributed by atoms with E-state index in [1.54, 1.807) is 48.8 Å². The first-order chi connectivity index (χ1) is 127. The van der Waals surface area contributed by atoms with Crippen molar-refractivity contribution in [2.75, 3.05) is 0 Å². The van der Waals surface area contributed by atoms with Crippen LogP contribution in [0.3, 0.4) is 0 Å². The van der Waals surface area contributed by atoms with Gasteiger partial charge in [-0.25, -0.2) is 43.1 Å². The largest absolute Gasteiger partial charge is 0.511 e. The van der Waals surface area contributed by atoms with E-state index in [2.05, 4.69) is 86.5 Å². The SMILES string of the molecule is C=CC[C@H]1C(O)=C(C#N)C[C@@]2(C)c3nc(-c4ccnc(C5CC5)c4)nc(-c4ccccc4F)c3CC[C@H]12.CCC[C@H]1C(=O)C(C#N)=C[C@@]2(C)c3nc(-c4ccnc(C5CC5)c4)nc(-c4ccccc4F)c3CC[C@H]12.CCC[C@H]1C(O)=C(C#N)C[C@@]2(C)c3nc(-c4ccnc(C5CC5)c4)nc(-c4ccccc4F)c3CC[C@H]12.[3H][3H].[3H][3H].[3H][3H].[3H][3H].[3H][3H].[3H][3H].[3H][3H].[3H][3H].[3H][3H].[3H][3H].[3H][3H].[3H][3H].[3H][3H].[3H][3H].[3H][3H].[3H][3H].[3H][3H].[3H][3H].[3H][3H].[3H][3H].[3H][3H].[3H][3H].[3H][3H].[3H][3H].[3H][3H].[3H][3H].[3H][3H].[3H][3H].[3H][3H].[3H][3H].[3H][3H].[3H][3H].[3H][3H].[3H][3H].[3H][3H].[3H][3H].[3H][3H].[3H][3H].[3H][3H].[3H][3H].[3H][3H].[3H][3H].[3H][3H].[3H][3H].[3H][3H].[3H][3H].[3H][3H].[3H][3H].[3H][3H].[3H][3H].[3H][3H].[3H][3H].[3H][3H].[3H][3H].[3H][3H].[3H][3H].[3H][3H].[3H][3H].[3H][3H].[3H][3H].[3H][3H].[3H][3H].[3H][3H].[3H][3H].[3H][3H].[3H][3H].[3H][3H].[3H][3H].[3H][3H].[3H][3H].[3H][3H].[3H][3H].[3H][3H]. The lowest BCUT2D eigenvalue weighted by molar-refractivity contribution is -0.122. The van der Waals surface area contributed by atoms with Crippen LogP contribution in [0.4, 0.5) is 13.2 Å². The summed E-state index contributed by atoms with van der Waals surface area (Å²) in [6, 6.07) is 38.8. The average molecular weight is 1920 g/mol. The van der Waals surface area contributed by atoms with Gasteiger partial charge in [0.05, 0.1) is 63.0 Å². The maximum absolute atomic E-state index is 15.2. The summed E-state index contributed by atoms with van der Waals surface area (Å²) in [5.74, 6) is 2.25. The Kier molecular flexibility index (Phi) is 7.45. The summed E-state index contributed by atoms with van der Waals surface area (Å²) in [5, 5.41) is 51.7. The number of fused-ring (bicyclic) bond motifs is 9. The van der Waals surface area contributed by atoms with Crippen molar-refractivity contribution in [1.29, 1.82) is 15.8 Å². The van der Waals surface area contributed by atoms with Gasteiger partial charge < -0.3 is 10.2 Å². The molecule has 0 saturated heterocycles. The Hall–Kier alpha value is -11.2. The number of aliphatic hydroxyl groups excluding tert-OH is 2. The molecule has 15 nitrogen and oxygen atoms in total. The van der Waals surface area contributed by atoms with E-state index in [1.807, 2.05) is 60.8 Å². The summed E-state index contributed by atoms with van der Waals surface area (Å²) in [4.78, 5) is 57.3. The van der Waals surface area contributed by atoms with Gasteiger partial charge >= 0.3 is 0 Å². The molecular weight excluding hydrogens is 1390 g/mol. The van der Waals surface area contributed by atoms with Crippen molar-refractivity contribution in [1.82, 2.24) is 44.9 Å². The molecule has 6 heterocycles. The maximum atomic E-state index is 15.2. The molecule has 9 atom stereocenters. The van der Waals surface area contributed by atoms with E-state index in [4.69, 9.17) is 247 Å². The van der Waals surface area contributed by atoms with Gasteiger partial charge in [0.1, 0.15) is 35.0 Å². The molecule has 0 aliphatic heterocycles. The summed E-state index contributed by atoms with van der Waals surface area (Å²) < 4.78 is 775. The predicted octanol–water partition coefficient (Wildman–Crippen LogP) is 38.6. The Morgan fingerprint density at radius 1 is 0.505 bits per heavy atom. The van der Waals surface area contributed by atoms with Crippen LogP contribution in [0.25, 0.3) is 67.9 Å². The molecule has 0 amide bonds. The number of carbonyl (C=O) groups is 1. The van der Waals surface area contributed by atoms with E-state index >= 15 is 13.2 Å². The fraction of sp³-hybridized carbons (Fsp3) is 0.387. The minimum Gasteiger partial charge on any atom is -0.511 e. The van der Waals surface area contributed by atoms with Gasteiger partial charge in [0.15, 0.2) is 23.3 Å². The van der Waals surface area contributed by atoms with Crippen LogP contribution in [0.2, 0.25) is 0 Å². The second-order valence-electron chi connectivity index (χ2n) is 32.7. The number of aliphatic hydroxyl groups is 2. The number of carbonyl (C=O) groups excluding carboxylic acids is 1. The highest BCUT2D eigenvalue weighted by Gasteiger charge is 2.55. The molecule has 0 spiro atoms. The third kappa shape index (κ3) is 13.5. The van der Waals surface area contributed by atoms with E-state index in [9.17, 15) is 30.8 Å².